The molecule has 0 aliphatic rings. The number of nitrogens with one attached hydrogen (secondary N) is 1. The number of nitrogen functional groups attached to an aromatic ring is 1. The van der Waals surface area contributed by atoms with Crippen LogP contribution in [0.4, 0.5) is 15.8 Å². The topological polar surface area (TPSA) is 64.1 Å². The lowest BCUT2D eigenvalue weighted by Gasteiger charge is -2.07. The van der Waals surface area contributed by atoms with E-state index >= 15 is 0 Å². The Morgan fingerprint density at radius 3 is 2.88 bits per heavy atom. The highest BCUT2D eigenvalue weighted by Gasteiger charge is 2.03. The van der Waals surface area contributed by atoms with Gasteiger partial charge in [-0.2, -0.15) is 0 Å². The first-order valence-electron chi connectivity index (χ1n) is 4.86. The second kappa shape index (κ2) is 4.22. The number of halogens is 1. The SMILES string of the molecule is Cc1cc(CNc2ccc(F)cc2N)no1. The molecular weight excluding hydrogens is 209 g/mol. The number of aromatic nitrogens is 1. The first kappa shape index (κ1) is 10.5. The summed E-state index contributed by atoms with van der Waals surface area (Å²) in [6.07, 6.45) is 0. The molecule has 0 radical (unpaired) electrons. The van der Waals surface area contributed by atoms with E-state index in [-0.39, 0.29) is 5.82 Å². The molecule has 0 aliphatic heterocycles. The summed E-state index contributed by atoms with van der Waals surface area (Å²) < 4.78 is 17.7. The van der Waals surface area contributed by atoms with E-state index in [1.165, 1.54) is 12.1 Å². The van der Waals surface area contributed by atoms with Crippen LogP contribution in [0.15, 0.2) is 28.8 Å². The van der Waals surface area contributed by atoms with Crippen molar-refractivity contribution in [2.75, 3.05) is 11.1 Å². The van der Waals surface area contributed by atoms with Crippen LogP contribution in [0.1, 0.15) is 11.5 Å². The van der Waals surface area contributed by atoms with Gasteiger partial charge in [0.15, 0.2) is 0 Å². The zero-order chi connectivity index (χ0) is 11.5. The van der Waals surface area contributed by atoms with Crippen molar-refractivity contribution in [2.45, 2.75) is 13.5 Å². The van der Waals surface area contributed by atoms with Gasteiger partial charge in [0, 0.05) is 6.07 Å². The molecule has 0 spiro atoms. The summed E-state index contributed by atoms with van der Waals surface area (Å²) >= 11 is 0. The number of aryl methyl sites for hydroxylation is 1. The third kappa shape index (κ3) is 2.31. The van der Waals surface area contributed by atoms with E-state index < -0.39 is 0 Å². The molecule has 0 amide bonds. The fourth-order valence-electron chi connectivity index (χ4n) is 1.38. The molecule has 1 heterocycles. The molecule has 0 unspecified atom stereocenters. The van der Waals surface area contributed by atoms with Crippen molar-refractivity contribution in [1.29, 1.82) is 0 Å². The van der Waals surface area contributed by atoms with Gasteiger partial charge in [0.1, 0.15) is 17.3 Å². The van der Waals surface area contributed by atoms with Gasteiger partial charge >= 0.3 is 0 Å². The zero-order valence-corrected chi connectivity index (χ0v) is 8.83. The van der Waals surface area contributed by atoms with Crippen LogP contribution in [0.3, 0.4) is 0 Å². The minimum Gasteiger partial charge on any atom is -0.397 e. The summed E-state index contributed by atoms with van der Waals surface area (Å²) in [5.74, 6) is 0.407. The average molecular weight is 221 g/mol. The smallest absolute Gasteiger partial charge is 0.133 e. The maximum atomic E-state index is 12.8. The summed E-state index contributed by atoms with van der Waals surface area (Å²) in [6, 6.07) is 6.05. The molecule has 0 bridgehead atoms. The predicted octanol–water partition coefficient (Wildman–Crippen LogP) is 2.32. The number of anilines is 2. The van der Waals surface area contributed by atoms with Crippen molar-refractivity contribution in [3.05, 3.63) is 41.5 Å². The van der Waals surface area contributed by atoms with E-state index in [2.05, 4.69) is 10.5 Å². The van der Waals surface area contributed by atoms with Crippen molar-refractivity contribution in [1.82, 2.24) is 5.16 Å². The lowest BCUT2D eigenvalue weighted by Crippen LogP contribution is -2.02. The van der Waals surface area contributed by atoms with Gasteiger partial charge in [-0.15, -0.1) is 0 Å². The normalized spacial score (nSPS) is 10.4. The molecule has 1 aromatic carbocycles. The molecule has 1 aromatic heterocycles. The van der Waals surface area contributed by atoms with Gasteiger partial charge in [0.2, 0.25) is 0 Å². The van der Waals surface area contributed by atoms with Crippen molar-refractivity contribution in [3.8, 4) is 0 Å². The molecule has 0 fully saturated rings. The van der Waals surface area contributed by atoms with Crippen LogP contribution in [0, 0.1) is 12.7 Å². The van der Waals surface area contributed by atoms with Crippen molar-refractivity contribution >= 4 is 11.4 Å². The van der Waals surface area contributed by atoms with Crippen molar-refractivity contribution in [3.63, 3.8) is 0 Å². The standard InChI is InChI=1S/C11H12FN3O/c1-7-4-9(15-16-7)6-14-11-3-2-8(12)5-10(11)13/h2-5,14H,6,13H2,1H3. The maximum absolute atomic E-state index is 12.8. The number of nitrogens with two attached hydrogens (primary N) is 1. The highest BCUT2D eigenvalue weighted by Crippen LogP contribution is 2.19. The summed E-state index contributed by atoms with van der Waals surface area (Å²) in [4.78, 5) is 0. The van der Waals surface area contributed by atoms with Gasteiger partial charge in [-0.3, -0.25) is 0 Å². The molecule has 4 nitrogen and oxygen atoms in total. The Kier molecular flexibility index (Phi) is 2.76. The highest BCUT2D eigenvalue weighted by atomic mass is 19.1. The lowest BCUT2D eigenvalue weighted by molar-refractivity contribution is 0.391. The highest BCUT2D eigenvalue weighted by molar-refractivity contribution is 5.65. The molecule has 84 valence electrons. The zero-order valence-electron chi connectivity index (χ0n) is 8.83. The Labute approximate surface area is 92.2 Å². The molecular formula is C11H12FN3O. The molecule has 0 aliphatic carbocycles. The Morgan fingerprint density at radius 1 is 1.44 bits per heavy atom. The molecule has 5 heteroatoms. The van der Waals surface area contributed by atoms with Gasteiger partial charge in [-0.1, -0.05) is 5.16 Å². The fourth-order valence-corrected chi connectivity index (χ4v) is 1.38. The molecule has 2 aromatic rings. The summed E-state index contributed by atoms with van der Waals surface area (Å²) in [6.45, 7) is 2.32. The van der Waals surface area contributed by atoms with E-state index in [1.807, 2.05) is 13.0 Å². The van der Waals surface area contributed by atoms with E-state index in [0.29, 0.717) is 17.9 Å². The molecule has 3 N–H and O–H groups in total. The minimum atomic E-state index is -0.347. The summed E-state index contributed by atoms with van der Waals surface area (Å²) in [7, 11) is 0. The number of rotatable bonds is 3. The van der Waals surface area contributed by atoms with Crippen LogP contribution < -0.4 is 11.1 Å². The largest absolute Gasteiger partial charge is 0.397 e. The Balaban J connectivity index is 2.04. The first-order valence-corrected chi connectivity index (χ1v) is 4.86. The summed E-state index contributed by atoms with van der Waals surface area (Å²) in [5.41, 5.74) is 7.48. The van der Waals surface area contributed by atoms with Crippen LogP contribution in [0.2, 0.25) is 0 Å². The minimum absolute atomic E-state index is 0.347. The fraction of sp³-hybridized carbons (Fsp3) is 0.182. The maximum Gasteiger partial charge on any atom is 0.133 e. The van der Waals surface area contributed by atoms with Crippen LogP contribution in [-0.4, -0.2) is 5.16 Å². The Morgan fingerprint density at radius 2 is 2.25 bits per heavy atom. The average Bonchev–Trinajstić information content (AvgIpc) is 2.63. The van der Waals surface area contributed by atoms with Gasteiger partial charge in [-0.05, 0) is 25.1 Å². The lowest BCUT2D eigenvalue weighted by atomic mass is 10.2. The molecule has 0 atom stereocenters. The van der Waals surface area contributed by atoms with Crippen molar-refractivity contribution < 1.29 is 8.91 Å². The van der Waals surface area contributed by atoms with Gasteiger partial charge in [0.05, 0.1) is 17.9 Å². The molecule has 0 saturated heterocycles. The van der Waals surface area contributed by atoms with E-state index in [9.17, 15) is 4.39 Å². The monoisotopic (exact) mass is 221 g/mol. The Bertz CT molecular complexity index is 496. The summed E-state index contributed by atoms with van der Waals surface area (Å²) in [5, 5.41) is 6.88. The number of hydrogen-bond acceptors (Lipinski definition) is 4. The van der Waals surface area contributed by atoms with Crippen LogP contribution in [-0.2, 0) is 6.54 Å². The number of nitrogens with zero attached hydrogens (tertiary/aromatic N) is 1. The van der Waals surface area contributed by atoms with E-state index in [4.69, 9.17) is 10.3 Å². The third-order valence-electron chi connectivity index (χ3n) is 2.15. The predicted molar refractivity (Wildman–Crippen MR) is 59.4 cm³/mol. The number of hydrogen-bond donors (Lipinski definition) is 2. The second-order valence-corrected chi connectivity index (χ2v) is 3.51. The van der Waals surface area contributed by atoms with Gasteiger partial charge in [0.25, 0.3) is 0 Å². The van der Waals surface area contributed by atoms with Gasteiger partial charge in [-0.25, -0.2) is 4.39 Å². The number of benzene rings is 1. The molecule has 2 rings (SSSR count). The van der Waals surface area contributed by atoms with Crippen molar-refractivity contribution in [2.24, 2.45) is 0 Å². The van der Waals surface area contributed by atoms with E-state index in [0.717, 1.165) is 11.5 Å². The van der Waals surface area contributed by atoms with Crippen LogP contribution in [0.25, 0.3) is 0 Å². The molecule has 16 heavy (non-hydrogen) atoms. The van der Waals surface area contributed by atoms with Crippen LogP contribution >= 0.6 is 0 Å². The van der Waals surface area contributed by atoms with Crippen LogP contribution in [0.5, 0.6) is 0 Å². The third-order valence-corrected chi connectivity index (χ3v) is 2.15. The molecule has 0 saturated carbocycles. The quantitative estimate of drug-likeness (QED) is 0.781. The second-order valence-electron chi connectivity index (χ2n) is 3.51. The van der Waals surface area contributed by atoms with Gasteiger partial charge < -0.3 is 15.6 Å². The Hall–Kier alpha value is -2.04. The van der Waals surface area contributed by atoms with E-state index in [1.54, 1.807) is 6.07 Å². The first-order chi connectivity index (χ1) is 7.65.